The standard InChI is InChI=1S/C26H35N5O2/c1-20-17-23(29-11-3-4-12-29)6-5-22(20)18-28-14-8-26(19-28)9-15-30(16-10-26)25(33)31-13-7-24(27-31)21(2)32/h5-7,13,17H,3-4,8-12,14-16,18-19H2,1-2H3. The zero-order valence-electron chi connectivity index (χ0n) is 19.9. The van der Waals surface area contributed by atoms with E-state index in [9.17, 15) is 9.59 Å². The molecule has 0 atom stereocenters. The van der Waals surface area contributed by atoms with E-state index in [2.05, 4.69) is 40.0 Å². The molecule has 1 aromatic heterocycles. The number of piperidine rings is 1. The summed E-state index contributed by atoms with van der Waals surface area (Å²) in [5.74, 6) is -0.119. The van der Waals surface area contributed by atoms with Crippen molar-refractivity contribution in [2.75, 3.05) is 44.2 Å². The molecule has 0 unspecified atom stereocenters. The second-order valence-corrected chi connectivity index (χ2v) is 10.2. The van der Waals surface area contributed by atoms with E-state index in [1.807, 2.05) is 4.90 Å². The zero-order valence-corrected chi connectivity index (χ0v) is 19.9. The third-order valence-electron chi connectivity index (χ3n) is 7.95. The number of aryl methyl sites for hydroxylation is 1. The molecule has 1 amide bonds. The lowest BCUT2D eigenvalue weighted by Gasteiger charge is -2.39. The van der Waals surface area contributed by atoms with Crippen molar-refractivity contribution in [2.45, 2.75) is 52.5 Å². The van der Waals surface area contributed by atoms with Gasteiger partial charge in [0.15, 0.2) is 5.78 Å². The summed E-state index contributed by atoms with van der Waals surface area (Å²) in [4.78, 5) is 31.3. The number of anilines is 1. The average molecular weight is 450 g/mol. The van der Waals surface area contributed by atoms with Gasteiger partial charge in [0.25, 0.3) is 0 Å². The number of nitrogens with zero attached hydrogens (tertiary/aromatic N) is 5. The van der Waals surface area contributed by atoms with Crippen LogP contribution in [0, 0.1) is 12.3 Å². The van der Waals surface area contributed by atoms with Crippen molar-refractivity contribution in [1.29, 1.82) is 0 Å². The van der Waals surface area contributed by atoms with Crippen LogP contribution in [0.2, 0.25) is 0 Å². The number of aromatic nitrogens is 2. The lowest BCUT2D eigenvalue weighted by Crippen LogP contribution is -2.45. The molecule has 3 aliphatic rings. The van der Waals surface area contributed by atoms with Crippen LogP contribution in [0.1, 0.15) is 60.6 Å². The van der Waals surface area contributed by atoms with Gasteiger partial charge in [-0.25, -0.2) is 4.79 Å². The Labute approximate surface area is 196 Å². The SMILES string of the molecule is CC(=O)c1ccn(C(=O)N2CCC3(CCN(Cc4ccc(N5CCCC5)cc4C)C3)CC2)n1. The maximum Gasteiger partial charge on any atom is 0.344 e. The summed E-state index contributed by atoms with van der Waals surface area (Å²) in [6.45, 7) is 10.8. The molecule has 3 fully saturated rings. The van der Waals surface area contributed by atoms with Gasteiger partial charge in [-0.05, 0) is 80.3 Å². The maximum absolute atomic E-state index is 12.8. The van der Waals surface area contributed by atoms with Gasteiger partial charge in [0.1, 0.15) is 5.69 Å². The smallest absolute Gasteiger partial charge is 0.344 e. The van der Waals surface area contributed by atoms with Crippen LogP contribution in [0.4, 0.5) is 10.5 Å². The number of rotatable bonds is 4. The predicted octanol–water partition coefficient (Wildman–Crippen LogP) is 3.95. The Hall–Kier alpha value is -2.67. The van der Waals surface area contributed by atoms with Crippen molar-refractivity contribution in [2.24, 2.45) is 5.41 Å². The van der Waals surface area contributed by atoms with Crippen LogP contribution in [0.15, 0.2) is 30.5 Å². The van der Waals surface area contributed by atoms with Crippen molar-refractivity contribution in [1.82, 2.24) is 19.6 Å². The van der Waals surface area contributed by atoms with Crippen LogP contribution in [0.3, 0.4) is 0 Å². The molecule has 33 heavy (non-hydrogen) atoms. The number of Topliss-reactive ketones (excluding diaryl/α,β-unsaturated/α-hetero) is 1. The highest BCUT2D eigenvalue weighted by Gasteiger charge is 2.41. The third-order valence-corrected chi connectivity index (χ3v) is 7.95. The van der Waals surface area contributed by atoms with Crippen molar-refractivity contribution < 1.29 is 9.59 Å². The van der Waals surface area contributed by atoms with Crippen molar-refractivity contribution in [3.05, 3.63) is 47.3 Å². The van der Waals surface area contributed by atoms with Gasteiger partial charge >= 0.3 is 6.03 Å². The number of carbonyl (C=O) groups is 2. The quantitative estimate of drug-likeness (QED) is 0.662. The Morgan fingerprint density at radius 1 is 1.00 bits per heavy atom. The van der Waals surface area contributed by atoms with Crippen molar-refractivity contribution in [3.63, 3.8) is 0 Å². The van der Waals surface area contributed by atoms with Gasteiger partial charge in [-0.1, -0.05) is 6.07 Å². The number of benzene rings is 1. The molecule has 0 N–H and O–H groups in total. The van der Waals surface area contributed by atoms with Crippen molar-refractivity contribution >= 4 is 17.5 Å². The summed E-state index contributed by atoms with van der Waals surface area (Å²) in [6, 6.07) is 8.48. The van der Waals surface area contributed by atoms with Crippen LogP contribution in [-0.4, -0.2) is 70.7 Å². The summed E-state index contributed by atoms with van der Waals surface area (Å²) in [6.07, 6.45) is 7.47. The van der Waals surface area contributed by atoms with Crippen LogP contribution in [-0.2, 0) is 6.54 Å². The molecular weight excluding hydrogens is 414 g/mol. The van der Waals surface area contributed by atoms with E-state index >= 15 is 0 Å². The molecular formula is C26H35N5O2. The van der Waals surface area contributed by atoms with Crippen molar-refractivity contribution in [3.8, 4) is 0 Å². The second kappa shape index (κ2) is 8.93. The second-order valence-electron chi connectivity index (χ2n) is 10.2. The van der Waals surface area contributed by atoms with E-state index in [1.54, 1.807) is 12.3 Å². The minimum Gasteiger partial charge on any atom is -0.372 e. The van der Waals surface area contributed by atoms with E-state index in [4.69, 9.17) is 0 Å². The molecule has 3 saturated heterocycles. The molecule has 7 heteroatoms. The average Bonchev–Trinajstić information content (AvgIpc) is 3.57. The molecule has 3 aliphatic heterocycles. The fourth-order valence-corrected chi connectivity index (χ4v) is 5.78. The first-order valence-corrected chi connectivity index (χ1v) is 12.4. The Balaban J connectivity index is 1.16. The Morgan fingerprint density at radius 2 is 1.73 bits per heavy atom. The summed E-state index contributed by atoms with van der Waals surface area (Å²) in [5.41, 5.74) is 4.85. The van der Waals surface area contributed by atoms with Crippen LogP contribution < -0.4 is 4.90 Å². The number of hydrogen-bond donors (Lipinski definition) is 0. The summed E-state index contributed by atoms with van der Waals surface area (Å²) in [5, 5.41) is 4.14. The first kappa shape index (κ1) is 22.1. The lowest BCUT2D eigenvalue weighted by atomic mass is 9.78. The molecule has 0 aliphatic carbocycles. The molecule has 0 bridgehead atoms. The minimum absolute atomic E-state index is 0.119. The summed E-state index contributed by atoms with van der Waals surface area (Å²) < 4.78 is 1.31. The van der Waals surface area contributed by atoms with Gasteiger partial charge in [-0.3, -0.25) is 9.69 Å². The number of hydrogen-bond acceptors (Lipinski definition) is 5. The van der Waals surface area contributed by atoms with Crippen LogP contribution >= 0.6 is 0 Å². The highest BCUT2D eigenvalue weighted by molar-refractivity contribution is 5.92. The van der Waals surface area contributed by atoms with E-state index in [-0.39, 0.29) is 11.8 Å². The lowest BCUT2D eigenvalue weighted by molar-refractivity contribution is 0.101. The predicted molar refractivity (Wildman–Crippen MR) is 129 cm³/mol. The molecule has 7 nitrogen and oxygen atoms in total. The van der Waals surface area contributed by atoms with E-state index < -0.39 is 0 Å². The topological polar surface area (TPSA) is 61.7 Å². The largest absolute Gasteiger partial charge is 0.372 e. The molecule has 0 saturated carbocycles. The fourth-order valence-electron chi connectivity index (χ4n) is 5.78. The number of likely N-dealkylation sites (tertiary alicyclic amines) is 2. The Bertz CT molecular complexity index is 1030. The van der Waals surface area contributed by atoms with Gasteiger partial charge in [0, 0.05) is 58.1 Å². The monoisotopic (exact) mass is 449 g/mol. The molecule has 1 spiro atoms. The van der Waals surface area contributed by atoms with Crippen LogP contribution in [0.5, 0.6) is 0 Å². The molecule has 0 radical (unpaired) electrons. The maximum atomic E-state index is 12.8. The number of amides is 1. The van der Waals surface area contributed by atoms with Gasteiger partial charge < -0.3 is 9.80 Å². The van der Waals surface area contributed by atoms with Crippen LogP contribution in [0.25, 0.3) is 0 Å². The fraction of sp³-hybridized carbons (Fsp3) is 0.577. The molecule has 5 rings (SSSR count). The number of ketones is 1. The molecule has 176 valence electrons. The molecule has 2 aromatic rings. The molecule has 4 heterocycles. The summed E-state index contributed by atoms with van der Waals surface area (Å²) in [7, 11) is 0. The number of carbonyl (C=O) groups excluding carboxylic acids is 2. The van der Waals surface area contributed by atoms with E-state index in [1.165, 1.54) is 60.8 Å². The highest BCUT2D eigenvalue weighted by Crippen LogP contribution is 2.41. The first-order chi connectivity index (χ1) is 15.9. The Kier molecular flexibility index (Phi) is 5.99. The first-order valence-electron chi connectivity index (χ1n) is 12.4. The minimum atomic E-state index is -0.124. The van der Waals surface area contributed by atoms with E-state index in [0.29, 0.717) is 11.1 Å². The normalized spacial score (nSPS) is 20.7. The zero-order chi connectivity index (χ0) is 23.0. The summed E-state index contributed by atoms with van der Waals surface area (Å²) >= 11 is 0. The van der Waals surface area contributed by atoms with Gasteiger partial charge in [-0.2, -0.15) is 9.78 Å². The molecule has 1 aromatic carbocycles. The van der Waals surface area contributed by atoms with Gasteiger partial charge in [0.2, 0.25) is 0 Å². The third kappa shape index (κ3) is 4.56. The highest BCUT2D eigenvalue weighted by atomic mass is 16.2. The van der Waals surface area contributed by atoms with E-state index in [0.717, 1.165) is 45.6 Å². The van der Waals surface area contributed by atoms with Gasteiger partial charge in [-0.15, -0.1) is 0 Å². The Morgan fingerprint density at radius 3 is 2.39 bits per heavy atom. The van der Waals surface area contributed by atoms with Gasteiger partial charge in [0.05, 0.1) is 0 Å².